The molecule has 8 heteroatoms. The van der Waals surface area contributed by atoms with Gasteiger partial charge < -0.3 is 14.2 Å². The van der Waals surface area contributed by atoms with E-state index in [-0.39, 0.29) is 22.6 Å². The van der Waals surface area contributed by atoms with Gasteiger partial charge in [-0.1, -0.05) is 23.2 Å². The molecule has 0 heterocycles. The lowest BCUT2D eigenvalue weighted by atomic mass is 10.2. The summed E-state index contributed by atoms with van der Waals surface area (Å²) in [5.74, 6) is 0.661. The van der Waals surface area contributed by atoms with E-state index in [1.807, 2.05) is 0 Å². The van der Waals surface area contributed by atoms with Gasteiger partial charge in [-0.15, -0.1) is 0 Å². The molecule has 0 aliphatic heterocycles. The minimum Gasteiger partial charge on any atom is -0.497 e. The van der Waals surface area contributed by atoms with Crippen molar-refractivity contribution in [3.8, 4) is 23.0 Å². The standard InChI is InChI=1S/C17H13Cl2F3O3/c1-23-11-2-4-12(5-3-11)25-13-6-7-15(24-9-8-16(18)19)14(10-13)17(20,21)22/h2-8,10H,9H2,1H3. The van der Waals surface area contributed by atoms with E-state index in [0.29, 0.717) is 11.5 Å². The highest BCUT2D eigenvalue weighted by Gasteiger charge is 2.35. The zero-order chi connectivity index (χ0) is 18.4. The normalized spacial score (nSPS) is 11.0. The number of rotatable bonds is 6. The van der Waals surface area contributed by atoms with Crippen LogP contribution < -0.4 is 14.2 Å². The summed E-state index contributed by atoms with van der Waals surface area (Å²) in [7, 11) is 1.51. The summed E-state index contributed by atoms with van der Waals surface area (Å²) >= 11 is 10.8. The van der Waals surface area contributed by atoms with E-state index < -0.39 is 11.7 Å². The highest BCUT2D eigenvalue weighted by molar-refractivity contribution is 6.55. The van der Waals surface area contributed by atoms with Crippen molar-refractivity contribution in [2.24, 2.45) is 0 Å². The predicted molar refractivity (Wildman–Crippen MR) is 89.8 cm³/mol. The largest absolute Gasteiger partial charge is 0.497 e. The number of hydrogen-bond donors (Lipinski definition) is 0. The SMILES string of the molecule is COc1ccc(Oc2ccc(OCC=C(Cl)Cl)c(C(F)(F)F)c2)cc1. The van der Waals surface area contributed by atoms with E-state index >= 15 is 0 Å². The van der Waals surface area contributed by atoms with Crippen LogP contribution >= 0.6 is 23.2 Å². The van der Waals surface area contributed by atoms with Crippen LogP contribution in [0.1, 0.15) is 5.56 Å². The molecule has 0 N–H and O–H groups in total. The molecule has 25 heavy (non-hydrogen) atoms. The van der Waals surface area contributed by atoms with Gasteiger partial charge in [-0.3, -0.25) is 0 Å². The lowest BCUT2D eigenvalue weighted by Crippen LogP contribution is -2.09. The summed E-state index contributed by atoms with van der Waals surface area (Å²) in [6.45, 7) is -0.190. The van der Waals surface area contributed by atoms with Gasteiger partial charge in [0.25, 0.3) is 0 Å². The zero-order valence-corrected chi connectivity index (χ0v) is 14.5. The Balaban J connectivity index is 2.23. The van der Waals surface area contributed by atoms with Crippen LogP contribution in [0.2, 0.25) is 0 Å². The van der Waals surface area contributed by atoms with Gasteiger partial charge in [0.2, 0.25) is 0 Å². The highest BCUT2D eigenvalue weighted by atomic mass is 35.5. The molecule has 0 atom stereocenters. The van der Waals surface area contributed by atoms with Gasteiger partial charge in [0, 0.05) is 0 Å². The van der Waals surface area contributed by atoms with Crippen LogP contribution in [-0.4, -0.2) is 13.7 Å². The fourth-order valence-corrected chi connectivity index (χ4v) is 2.02. The predicted octanol–water partition coefficient (Wildman–Crippen LogP) is 6.20. The van der Waals surface area contributed by atoms with Crippen molar-refractivity contribution in [1.29, 1.82) is 0 Å². The van der Waals surface area contributed by atoms with Gasteiger partial charge >= 0.3 is 6.18 Å². The third kappa shape index (κ3) is 5.76. The first kappa shape index (κ1) is 19.3. The fraction of sp³-hybridized carbons (Fsp3) is 0.176. The fourth-order valence-electron chi connectivity index (χ4n) is 1.89. The summed E-state index contributed by atoms with van der Waals surface area (Å²) in [5, 5.41) is 0. The molecule has 0 saturated carbocycles. The van der Waals surface area contributed by atoms with E-state index in [1.54, 1.807) is 24.3 Å². The first-order valence-corrected chi connectivity index (χ1v) is 7.72. The third-order valence-corrected chi connectivity index (χ3v) is 3.34. The smallest absolute Gasteiger partial charge is 0.420 e. The number of hydrogen-bond acceptors (Lipinski definition) is 3. The minimum absolute atomic E-state index is 0.0239. The van der Waals surface area contributed by atoms with Gasteiger partial charge in [-0.25, -0.2) is 0 Å². The summed E-state index contributed by atoms with van der Waals surface area (Å²) < 4.78 is 55.1. The maximum absolute atomic E-state index is 13.2. The molecule has 2 aromatic carbocycles. The van der Waals surface area contributed by atoms with Crippen molar-refractivity contribution < 1.29 is 27.4 Å². The number of halogens is 5. The Kier molecular flexibility index (Phi) is 6.45. The molecule has 0 aliphatic rings. The summed E-state index contributed by atoms with van der Waals surface area (Å²) in [4.78, 5) is 0. The van der Waals surface area contributed by atoms with Crippen LogP contribution in [-0.2, 0) is 6.18 Å². The van der Waals surface area contributed by atoms with Crippen molar-refractivity contribution >= 4 is 23.2 Å². The maximum atomic E-state index is 13.2. The van der Waals surface area contributed by atoms with Crippen LogP contribution in [0.15, 0.2) is 53.0 Å². The van der Waals surface area contributed by atoms with Crippen LogP contribution in [0.25, 0.3) is 0 Å². The van der Waals surface area contributed by atoms with E-state index in [0.717, 1.165) is 6.07 Å². The van der Waals surface area contributed by atoms with E-state index in [9.17, 15) is 13.2 Å². The van der Waals surface area contributed by atoms with Crippen molar-refractivity contribution in [3.05, 3.63) is 58.6 Å². The van der Waals surface area contributed by atoms with Crippen LogP contribution in [0.3, 0.4) is 0 Å². The third-order valence-electron chi connectivity index (χ3n) is 3.03. The Hall–Kier alpha value is -2.05. The monoisotopic (exact) mass is 392 g/mol. The summed E-state index contributed by atoms with van der Waals surface area (Å²) in [6, 6.07) is 9.87. The van der Waals surface area contributed by atoms with Gasteiger partial charge in [0.15, 0.2) is 0 Å². The lowest BCUT2D eigenvalue weighted by molar-refractivity contribution is -0.138. The molecule has 0 aromatic heterocycles. The Labute approximate surface area is 152 Å². The molecule has 3 nitrogen and oxygen atoms in total. The molecule has 0 bridgehead atoms. The molecule has 0 fully saturated rings. The molecule has 0 radical (unpaired) electrons. The van der Waals surface area contributed by atoms with Crippen LogP contribution in [0.4, 0.5) is 13.2 Å². The van der Waals surface area contributed by atoms with Gasteiger partial charge in [-0.2, -0.15) is 13.2 Å². The zero-order valence-electron chi connectivity index (χ0n) is 12.9. The Morgan fingerprint density at radius 3 is 2.16 bits per heavy atom. The van der Waals surface area contributed by atoms with E-state index in [4.69, 9.17) is 37.4 Å². The molecular weight excluding hydrogens is 380 g/mol. The molecule has 2 aromatic rings. The Morgan fingerprint density at radius 2 is 1.60 bits per heavy atom. The molecule has 134 valence electrons. The number of ether oxygens (including phenoxy) is 3. The second-order valence-electron chi connectivity index (χ2n) is 4.74. The molecule has 0 unspecified atom stereocenters. The van der Waals surface area contributed by atoms with E-state index in [1.165, 1.54) is 25.3 Å². The minimum atomic E-state index is -4.61. The quantitative estimate of drug-likeness (QED) is 0.585. The second kappa shape index (κ2) is 8.36. The molecule has 0 aliphatic carbocycles. The molecule has 0 spiro atoms. The average molecular weight is 393 g/mol. The summed E-state index contributed by atoms with van der Waals surface area (Å²) in [6.07, 6.45) is -3.37. The van der Waals surface area contributed by atoms with E-state index in [2.05, 4.69) is 0 Å². The second-order valence-corrected chi connectivity index (χ2v) is 5.75. The summed E-state index contributed by atoms with van der Waals surface area (Å²) in [5.41, 5.74) is -0.961. The van der Waals surface area contributed by atoms with Crippen LogP contribution in [0, 0.1) is 0 Å². The molecule has 0 amide bonds. The van der Waals surface area contributed by atoms with Crippen molar-refractivity contribution in [3.63, 3.8) is 0 Å². The van der Waals surface area contributed by atoms with Crippen molar-refractivity contribution in [1.82, 2.24) is 0 Å². The van der Waals surface area contributed by atoms with Gasteiger partial charge in [-0.05, 0) is 48.5 Å². The highest BCUT2D eigenvalue weighted by Crippen LogP contribution is 2.39. The maximum Gasteiger partial charge on any atom is 0.420 e. The lowest BCUT2D eigenvalue weighted by Gasteiger charge is -2.15. The van der Waals surface area contributed by atoms with Gasteiger partial charge in [0.05, 0.1) is 7.11 Å². The molecule has 2 rings (SSSR count). The topological polar surface area (TPSA) is 27.7 Å². The van der Waals surface area contributed by atoms with Crippen molar-refractivity contribution in [2.75, 3.05) is 13.7 Å². The molecular formula is C17H13Cl2F3O3. The number of benzene rings is 2. The number of alkyl halides is 3. The van der Waals surface area contributed by atoms with Gasteiger partial charge in [0.1, 0.15) is 39.7 Å². The Morgan fingerprint density at radius 1 is 1.00 bits per heavy atom. The number of methoxy groups -OCH3 is 1. The molecule has 0 saturated heterocycles. The Bertz CT molecular complexity index is 740. The van der Waals surface area contributed by atoms with Crippen molar-refractivity contribution in [2.45, 2.75) is 6.18 Å². The average Bonchev–Trinajstić information content (AvgIpc) is 2.55. The first-order chi connectivity index (χ1) is 11.8. The first-order valence-electron chi connectivity index (χ1n) is 6.96. The van der Waals surface area contributed by atoms with Crippen LogP contribution in [0.5, 0.6) is 23.0 Å².